The third-order valence-corrected chi connectivity index (χ3v) is 3.11. The Bertz CT molecular complexity index is 450. The number of nitrogens with one attached hydrogen (secondary N) is 1. The molecule has 0 saturated carbocycles. The maximum atomic E-state index is 10.6. The Kier molecular flexibility index (Phi) is 4.26. The summed E-state index contributed by atoms with van der Waals surface area (Å²) in [7, 11) is -4.68. The van der Waals surface area contributed by atoms with E-state index < -0.39 is 38.8 Å². The number of aromatic amines is 1. The van der Waals surface area contributed by atoms with E-state index in [9.17, 15) is 14.8 Å². The van der Waals surface area contributed by atoms with Crippen LogP contribution in [0.4, 0.5) is 0 Å². The third kappa shape index (κ3) is 3.76. The summed E-state index contributed by atoms with van der Waals surface area (Å²) in [6, 6.07) is 0. The van der Waals surface area contributed by atoms with Crippen LogP contribution in [-0.2, 0) is 13.8 Å². The van der Waals surface area contributed by atoms with E-state index in [1.165, 1.54) is 0 Å². The lowest BCUT2D eigenvalue weighted by Gasteiger charge is -2.35. The van der Waals surface area contributed by atoms with Crippen LogP contribution in [-0.4, -0.2) is 65.5 Å². The van der Waals surface area contributed by atoms with E-state index in [1.807, 2.05) is 0 Å². The molecule has 5 N–H and O–H groups in total. The molecule has 11 nitrogen and oxygen atoms in total. The molecule has 2 heterocycles. The van der Waals surface area contributed by atoms with Gasteiger partial charge in [0, 0.05) is 6.42 Å². The van der Waals surface area contributed by atoms with Crippen molar-refractivity contribution in [2.24, 2.45) is 0 Å². The van der Waals surface area contributed by atoms with E-state index in [0.717, 1.165) is 0 Å². The second kappa shape index (κ2) is 5.59. The van der Waals surface area contributed by atoms with Gasteiger partial charge >= 0.3 is 7.82 Å². The van der Waals surface area contributed by atoms with Gasteiger partial charge in [-0.15, -0.1) is 10.2 Å². The maximum absolute atomic E-state index is 10.6. The Balaban J connectivity index is 2.03. The fourth-order valence-electron chi connectivity index (χ4n) is 1.73. The van der Waals surface area contributed by atoms with Crippen LogP contribution in [0.15, 0.2) is 0 Å². The maximum Gasteiger partial charge on any atom is 0.469 e. The van der Waals surface area contributed by atoms with Crippen molar-refractivity contribution >= 4 is 7.82 Å². The minimum absolute atomic E-state index is 0.0348. The average Bonchev–Trinajstić information content (AvgIpc) is 2.83. The van der Waals surface area contributed by atoms with Crippen LogP contribution in [0, 0.1) is 0 Å². The molecule has 108 valence electrons. The van der Waals surface area contributed by atoms with Gasteiger partial charge in [-0.05, 0) is 0 Å². The smallest absolute Gasteiger partial charge is 0.390 e. The highest BCUT2D eigenvalue weighted by Gasteiger charge is 2.39. The zero-order chi connectivity index (χ0) is 14.0. The highest BCUT2D eigenvalue weighted by Crippen LogP contribution is 2.38. The van der Waals surface area contributed by atoms with Crippen LogP contribution in [0.3, 0.4) is 0 Å². The second-order valence-corrected chi connectivity index (χ2v) is 5.25. The first kappa shape index (κ1) is 14.5. The Morgan fingerprint density at radius 2 is 2.21 bits per heavy atom. The molecule has 0 radical (unpaired) electrons. The molecule has 0 bridgehead atoms. The number of H-pyrrole nitrogens is 1. The quantitative estimate of drug-likeness (QED) is 0.386. The number of phosphoric acid groups is 1. The number of aliphatic hydroxyl groups excluding tert-OH is 2. The van der Waals surface area contributed by atoms with Crippen molar-refractivity contribution in [3.63, 3.8) is 0 Å². The Labute approximate surface area is 106 Å². The summed E-state index contributed by atoms with van der Waals surface area (Å²) in [4.78, 5) is 17.2. The van der Waals surface area contributed by atoms with Gasteiger partial charge in [0.05, 0.1) is 12.7 Å². The third-order valence-electron chi connectivity index (χ3n) is 2.63. The fourth-order valence-corrected chi connectivity index (χ4v) is 2.08. The Morgan fingerprint density at radius 1 is 1.47 bits per heavy atom. The van der Waals surface area contributed by atoms with Crippen LogP contribution < -0.4 is 0 Å². The van der Waals surface area contributed by atoms with Gasteiger partial charge in [0.15, 0.2) is 0 Å². The molecule has 19 heavy (non-hydrogen) atoms. The molecular weight excluding hydrogens is 283 g/mol. The molecule has 1 fully saturated rings. The summed E-state index contributed by atoms with van der Waals surface area (Å²) in [5, 5.41) is 32.3. The van der Waals surface area contributed by atoms with Crippen molar-refractivity contribution < 1.29 is 33.8 Å². The van der Waals surface area contributed by atoms with Crippen molar-refractivity contribution in [3.8, 4) is 0 Å². The summed E-state index contributed by atoms with van der Waals surface area (Å²) < 4.78 is 20.2. The lowest BCUT2D eigenvalue weighted by atomic mass is 9.98. The lowest BCUT2D eigenvalue weighted by molar-refractivity contribution is -0.182. The lowest BCUT2D eigenvalue weighted by Crippen LogP contribution is -2.47. The number of nitrogens with zero attached hydrogens (tertiary/aromatic N) is 3. The molecule has 1 saturated heterocycles. The topological polar surface area (TPSA) is 171 Å². The van der Waals surface area contributed by atoms with Crippen LogP contribution in [0.2, 0.25) is 0 Å². The number of aliphatic hydroxyl groups is 2. The highest BCUT2D eigenvalue weighted by molar-refractivity contribution is 7.46. The monoisotopic (exact) mass is 296 g/mol. The SMILES string of the molecule is O=P(O)(O)OC[C@H]1O[C@@H](c2nn[nH]n2)C[C@H](O)[C@@H]1O. The summed E-state index contributed by atoms with van der Waals surface area (Å²) in [5.41, 5.74) is 0. The van der Waals surface area contributed by atoms with Gasteiger partial charge in [-0.3, -0.25) is 4.52 Å². The van der Waals surface area contributed by atoms with Gasteiger partial charge in [0.1, 0.15) is 18.3 Å². The normalized spacial score (nSPS) is 32.4. The Morgan fingerprint density at radius 3 is 2.79 bits per heavy atom. The van der Waals surface area contributed by atoms with E-state index in [-0.39, 0.29) is 12.2 Å². The minimum Gasteiger partial charge on any atom is -0.390 e. The van der Waals surface area contributed by atoms with Gasteiger partial charge in [0.2, 0.25) is 5.82 Å². The van der Waals surface area contributed by atoms with E-state index in [0.29, 0.717) is 0 Å². The largest absolute Gasteiger partial charge is 0.469 e. The molecule has 0 aromatic carbocycles. The highest BCUT2D eigenvalue weighted by atomic mass is 31.2. The van der Waals surface area contributed by atoms with Crippen LogP contribution in [0.5, 0.6) is 0 Å². The van der Waals surface area contributed by atoms with E-state index in [2.05, 4.69) is 25.1 Å². The van der Waals surface area contributed by atoms with E-state index in [4.69, 9.17) is 14.5 Å². The van der Waals surface area contributed by atoms with Crippen molar-refractivity contribution in [2.45, 2.75) is 30.8 Å². The molecule has 0 unspecified atom stereocenters. The van der Waals surface area contributed by atoms with E-state index in [1.54, 1.807) is 0 Å². The predicted molar refractivity (Wildman–Crippen MR) is 56.4 cm³/mol. The summed E-state index contributed by atoms with van der Waals surface area (Å²) in [6.45, 7) is -0.573. The minimum atomic E-state index is -4.68. The first-order valence-electron chi connectivity index (χ1n) is 5.32. The number of ether oxygens (including phenoxy) is 1. The number of phosphoric ester groups is 1. The number of aromatic nitrogens is 4. The van der Waals surface area contributed by atoms with Crippen LogP contribution in [0.25, 0.3) is 0 Å². The standard InChI is InChI=1S/C7H13N4O7P/c12-3-1-4(7-8-10-11-9-7)18-5(6(3)13)2-17-19(14,15)16/h3-6,12-13H,1-2H2,(H2,14,15,16)(H,8,9,10,11)/t3-,4+,5+,6-/m0/s1. The first-order valence-corrected chi connectivity index (χ1v) is 6.85. The van der Waals surface area contributed by atoms with Crippen molar-refractivity contribution in [3.05, 3.63) is 5.82 Å². The summed E-state index contributed by atoms with van der Waals surface area (Å²) >= 11 is 0. The number of hydrogen-bond acceptors (Lipinski definition) is 8. The molecule has 0 amide bonds. The molecule has 4 atom stereocenters. The van der Waals surface area contributed by atoms with Crippen LogP contribution in [0.1, 0.15) is 18.3 Å². The van der Waals surface area contributed by atoms with Gasteiger partial charge < -0.3 is 24.7 Å². The number of rotatable bonds is 4. The van der Waals surface area contributed by atoms with Gasteiger partial charge in [-0.25, -0.2) is 4.57 Å². The Hall–Kier alpha value is -0.940. The van der Waals surface area contributed by atoms with Crippen LogP contribution >= 0.6 is 7.82 Å². The van der Waals surface area contributed by atoms with Crippen molar-refractivity contribution in [2.75, 3.05) is 6.61 Å². The molecule has 1 aromatic rings. The molecule has 12 heteroatoms. The molecule has 2 rings (SSSR count). The van der Waals surface area contributed by atoms with Gasteiger partial charge in [0.25, 0.3) is 0 Å². The molecular formula is C7H13N4O7P. The molecule has 0 aliphatic carbocycles. The van der Waals surface area contributed by atoms with Gasteiger partial charge in [-0.2, -0.15) is 5.21 Å². The van der Waals surface area contributed by atoms with Gasteiger partial charge in [-0.1, -0.05) is 5.21 Å². The molecule has 1 aromatic heterocycles. The molecule has 1 aliphatic rings. The zero-order valence-electron chi connectivity index (χ0n) is 9.53. The molecule has 0 spiro atoms. The second-order valence-electron chi connectivity index (χ2n) is 4.01. The van der Waals surface area contributed by atoms with E-state index >= 15 is 0 Å². The predicted octanol–water partition coefficient (Wildman–Crippen LogP) is -2.14. The average molecular weight is 296 g/mol. The first-order chi connectivity index (χ1) is 8.87. The molecule has 1 aliphatic heterocycles. The summed E-state index contributed by atoms with van der Waals surface area (Å²) in [5.74, 6) is 0.173. The van der Waals surface area contributed by atoms with Crippen molar-refractivity contribution in [1.82, 2.24) is 20.6 Å². The number of hydrogen-bond donors (Lipinski definition) is 5. The zero-order valence-corrected chi connectivity index (χ0v) is 10.4. The fraction of sp³-hybridized carbons (Fsp3) is 0.857. The summed E-state index contributed by atoms with van der Waals surface area (Å²) in [6.07, 6.45) is -4.30. The number of tetrazole rings is 1. The van der Waals surface area contributed by atoms with Crippen molar-refractivity contribution in [1.29, 1.82) is 0 Å².